The average Bonchev–Trinajstić information content (AvgIpc) is 2.80. The van der Waals surface area contributed by atoms with Crippen LogP contribution in [0.5, 0.6) is 17.2 Å². The summed E-state index contributed by atoms with van der Waals surface area (Å²) in [4.78, 5) is 21.0. The molecule has 1 saturated heterocycles. The van der Waals surface area contributed by atoms with Crippen molar-refractivity contribution >= 4 is 27.7 Å². The number of piperazine rings is 1. The minimum absolute atomic E-state index is 0.0107. The predicted molar refractivity (Wildman–Crippen MR) is 124 cm³/mol. The first kappa shape index (κ1) is 21.2. The number of amides is 1. The maximum Gasteiger partial charge on any atom is 0.260 e. The van der Waals surface area contributed by atoms with E-state index < -0.39 is 0 Å². The Labute approximate surface area is 190 Å². The first-order valence-electron chi connectivity index (χ1n) is 10.2. The molecule has 0 radical (unpaired) electrons. The van der Waals surface area contributed by atoms with Gasteiger partial charge in [-0.2, -0.15) is 0 Å². The number of halogens is 1. The number of benzene rings is 2. The van der Waals surface area contributed by atoms with Gasteiger partial charge in [0.15, 0.2) is 6.61 Å². The molecule has 6 nitrogen and oxygen atoms in total. The van der Waals surface area contributed by atoms with Gasteiger partial charge >= 0.3 is 0 Å². The van der Waals surface area contributed by atoms with Crippen molar-refractivity contribution in [1.29, 1.82) is 0 Å². The molecule has 0 unspecified atom stereocenters. The molecule has 31 heavy (non-hydrogen) atoms. The van der Waals surface area contributed by atoms with Crippen LogP contribution in [0.15, 0.2) is 71.3 Å². The molecule has 1 amide bonds. The lowest BCUT2D eigenvalue weighted by molar-refractivity contribution is -0.133. The number of hydrogen-bond donors (Lipinski definition) is 0. The van der Waals surface area contributed by atoms with Crippen LogP contribution >= 0.6 is 15.9 Å². The SMILES string of the molecule is Cc1ccc(Oc2ccc(OCC(=O)N3CCN(c4ccc(Br)cn4)CC3)cc2)cc1. The van der Waals surface area contributed by atoms with E-state index in [4.69, 9.17) is 9.47 Å². The second-order valence-electron chi connectivity index (χ2n) is 7.38. The van der Waals surface area contributed by atoms with Crippen LogP contribution < -0.4 is 14.4 Å². The predicted octanol–water partition coefficient (Wildman–Crippen LogP) is 4.67. The second kappa shape index (κ2) is 9.83. The van der Waals surface area contributed by atoms with Gasteiger partial charge in [0.2, 0.25) is 0 Å². The summed E-state index contributed by atoms with van der Waals surface area (Å²) in [6.07, 6.45) is 1.79. The van der Waals surface area contributed by atoms with Crippen molar-refractivity contribution in [1.82, 2.24) is 9.88 Å². The Morgan fingerprint density at radius 2 is 1.52 bits per heavy atom. The summed E-state index contributed by atoms with van der Waals surface area (Å²) in [5, 5.41) is 0. The highest BCUT2D eigenvalue weighted by molar-refractivity contribution is 9.10. The lowest BCUT2D eigenvalue weighted by atomic mass is 10.2. The van der Waals surface area contributed by atoms with E-state index in [1.54, 1.807) is 6.20 Å². The van der Waals surface area contributed by atoms with Crippen LogP contribution in [0.2, 0.25) is 0 Å². The van der Waals surface area contributed by atoms with Gasteiger partial charge in [-0.1, -0.05) is 17.7 Å². The third-order valence-corrected chi connectivity index (χ3v) is 5.58. The van der Waals surface area contributed by atoms with Gasteiger partial charge in [-0.05, 0) is 71.4 Å². The highest BCUT2D eigenvalue weighted by Crippen LogP contribution is 2.24. The molecule has 7 heteroatoms. The van der Waals surface area contributed by atoms with Crippen molar-refractivity contribution in [2.45, 2.75) is 6.92 Å². The van der Waals surface area contributed by atoms with E-state index in [1.165, 1.54) is 5.56 Å². The van der Waals surface area contributed by atoms with E-state index in [0.717, 1.165) is 34.9 Å². The van der Waals surface area contributed by atoms with E-state index >= 15 is 0 Å². The zero-order valence-electron chi connectivity index (χ0n) is 17.3. The Morgan fingerprint density at radius 3 is 2.13 bits per heavy atom. The molecule has 0 aliphatic carbocycles. The highest BCUT2D eigenvalue weighted by Gasteiger charge is 2.22. The van der Waals surface area contributed by atoms with Crippen LogP contribution in [-0.4, -0.2) is 48.6 Å². The van der Waals surface area contributed by atoms with Crippen molar-refractivity contribution < 1.29 is 14.3 Å². The van der Waals surface area contributed by atoms with Gasteiger partial charge in [0, 0.05) is 36.8 Å². The average molecular weight is 482 g/mol. The van der Waals surface area contributed by atoms with Crippen molar-refractivity contribution in [3.05, 3.63) is 76.9 Å². The number of rotatable bonds is 6. The lowest BCUT2D eigenvalue weighted by Gasteiger charge is -2.35. The Kier molecular flexibility index (Phi) is 6.72. The Hall–Kier alpha value is -3.06. The van der Waals surface area contributed by atoms with E-state index in [0.29, 0.717) is 18.8 Å². The van der Waals surface area contributed by atoms with E-state index in [1.807, 2.05) is 72.5 Å². The molecule has 1 aromatic heterocycles. The number of hydrogen-bond acceptors (Lipinski definition) is 5. The fourth-order valence-corrected chi connectivity index (χ4v) is 3.56. The third-order valence-electron chi connectivity index (χ3n) is 5.11. The molecule has 0 bridgehead atoms. The van der Waals surface area contributed by atoms with Crippen molar-refractivity contribution in [3.8, 4) is 17.2 Å². The van der Waals surface area contributed by atoms with Gasteiger partial charge < -0.3 is 19.3 Å². The Balaban J connectivity index is 1.23. The number of aryl methyl sites for hydroxylation is 1. The molecule has 2 aromatic carbocycles. The monoisotopic (exact) mass is 481 g/mol. The summed E-state index contributed by atoms with van der Waals surface area (Å²) in [5.74, 6) is 3.07. The van der Waals surface area contributed by atoms with Crippen LogP contribution in [0.4, 0.5) is 5.82 Å². The Morgan fingerprint density at radius 1 is 0.903 bits per heavy atom. The zero-order valence-corrected chi connectivity index (χ0v) is 18.9. The van der Waals surface area contributed by atoms with Crippen LogP contribution in [0.25, 0.3) is 0 Å². The van der Waals surface area contributed by atoms with Crippen molar-refractivity contribution in [3.63, 3.8) is 0 Å². The van der Waals surface area contributed by atoms with Crippen LogP contribution in [-0.2, 0) is 4.79 Å². The van der Waals surface area contributed by atoms with E-state index in [2.05, 4.69) is 25.8 Å². The zero-order chi connectivity index (χ0) is 21.6. The summed E-state index contributed by atoms with van der Waals surface area (Å²) in [7, 11) is 0. The van der Waals surface area contributed by atoms with Crippen LogP contribution in [0, 0.1) is 6.92 Å². The Bertz CT molecular complexity index is 1000. The molecular weight excluding hydrogens is 458 g/mol. The normalized spacial score (nSPS) is 13.7. The smallest absolute Gasteiger partial charge is 0.260 e. The summed E-state index contributed by atoms with van der Waals surface area (Å²) >= 11 is 3.40. The molecule has 3 aromatic rings. The molecule has 1 aliphatic rings. The minimum atomic E-state index is -0.0107. The largest absolute Gasteiger partial charge is 0.484 e. The summed E-state index contributed by atoms with van der Waals surface area (Å²) in [6, 6.07) is 19.1. The third kappa shape index (κ3) is 5.76. The summed E-state index contributed by atoms with van der Waals surface area (Å²) in [6.45, 7) is 4.88. The van der Waals surface area contributed by atoms with Gasteiger partial charge in [0.25, 0.3) is 5.91 Å². The quantitative estimate of drug-likeness (QED) is 0.511. The molecule has 0 saturated carbocycles. The topological polar surface area (TPSA) is 54.9 Å². The number of pyridine rings is 1. The minimum Gasteiger partial charge on any atom is -0.484 e. The lowest BCUT2D eigenvalue weighted by Crippen LogP contribution is -2.50. The summed E-state index contributed by atoms with van der Waals surface area (Å²) < 4.78 is 12.5. The molecule has 160 valence electrons. The molecular formula is C24H24BrN3O3. The van der Waals surface area contributed by atoms with Gasteiger partial charge in [0.1, 0.15) is 23.1 Å². The first-order chi connectivity index (χ1) is 15.1. The maximum absolute atomic E-state index is 12.5. The molecule has 2 heterocycles. The fraction of sp³-hybridized carbons (Fsp3) is 0.250. The molecule has 1 aliphatic heterocycles. The molecule has 0 atom stereocenters. The number of carbonyl (C=O) groups excluding carboxylic acids is 1. The van der Waals surface area contributed by atoms with Crippen molar-refractivity contribution in [2.24, 2.45) is 0 Å². The van der Waals surface area contributed by atoms with E-state index in [9.17, 15) is 4.79 Å². The fourth-order valence-electron chi connectivity index (χ4n) is 3.32. The number of nitrogens with zero attached hydrogens (tertiary/aromatic N) is 3. The van der Waals surface area contributed by atoms with Crippen LogP contribution in [0.3, 0.4) is 0 Å². The number of aromatic nitrogens is 1. The highest BCUT2D eigenvalue weighted by atomic mass is 79.9. The van der Waals surface area contributed by atoms with Gasteiger partial charge in [-0.15, -0.1) is 0 Å². The standard InChI is InChI=1S/C24H24BrN3O3/c1-18-2-5-21(6-3-18)31-22-9-7-20(8-10-22)30-17-24(29)28-14-12-27(13-15-28)23-11-4-19(25)16-26-23/h2-11,16H,12-15,17H2,1H3. The van der Waals surface area contributed by atoms with E-state index in [-0.39, 0.29) is 12.5 Å². The number of carbonyl (C=O) groups is 1. The summed E-state index contributed by atoms with van der Waals surface area (Å²) in [5.41, 5.74) is 1.19. The molecule has 1 fully saturated rings. The number of anilines is 1. The van der Waals surface area contributed by atoms with Gasteiger partial charge in [-0.25, -0.2) is 4.98 Å². The first-order valence-corrected chi connectivity index (χ1v) is 11.0. The second-order valence-corrected chi connectivity index (χ2v) is 8.29. The van der Waals surface area contributed by atoms with Gasteiger partial charge in [0.05, 0.1) is 0 Å². The molecule has 0 N–H and O–H groups in total. The van der Waals surface area contributed by atoms with Crippen LogP contribution in [0.1, 0.15) is 5.56 Å². The maximum atomic E-state index is 12.5. The number of ether oxygens (including phenoxy) is 2. The van der Waals surface area contributed by atoms with Crippen molar-refractivity contribution in [2.75, 3.05) is 37.7 Å². The molecule has 0 spiro atoms. The van der Waals surface area contributed by atoms with Gasteiger partial charge in [-0.3, -0.25) is 4.79 Å². The molecule has 4 rings (SSSR count).